The fourth-order valence-corrected chi connectivity index (χ4v) is 2.94. The van der Waals surface area contributed by atoms with Crippen LogP contribution in [0, 0.1) is 5.92 Å². The van der Waals surface area contributed by atoms with Gasteiger partial charge in [0.15, 0.2) is 0 Å². The first-order valence-electron chi connectivity index (χ1n) is 6.90. The molecule has 1 fully saturated rings. The number of furan rings is 1. The second kappa shape index (κ2) is 5.66. The van der Waals surface area contributed by atoms with E-state index >= 15 is 0 Å². The smallest absolute Gasteiger partial charge is 0.252 e. The van der Waals surface area contributed by atoms with Crippen molar-refractivity contribution in [2.24, 2.45) is 5.92 Å². The van der Waals surface area contributed by atoms with Gasteiger partial charge in [0.2, 0.25) is 0 Å². The Kier molecular flexibility index (Phi) is 3.87. The lowest BCUT2D eigenvalue weighted by Gasteiger charge is -2.26. The van der Waals surface area contributed by atoms with Crippen LogP contribution in [0.1, 0.15) is 29.0 Å². The van der Waals surface area contributed by atoms with Crippen molar-refractivity contribution in [3.05, 3.63) is 58.5 Å². The molecule has 0 saturated heterocycles. The summed E-state index contributed by atoms with van der Waals surface area (Å²) in [6.45, 7) is 0.144. The Morgan fingerprint density at radius 2 is 2.10 bits per heavy atom. The lowest BCUT2D eigenvalue weighted by atomic mass is 9.94. The Labute approximate surface area is 131 Å². The van der Waals surface area contributed by atoms with Crippen LogP contribution in [0.5, 0.6) is 0 Å². The van der Waals surface area contributed by atoms with Gasteiger partial charge in [0.05, 0.1) is 18.4 Å². The van der Waals surface area contributed by atoms with Crippen LogP contribution in [0.4, 0.5) is 0 Å². The van der Waals surface area contributed by atoms with Gasteiger partial charge in [0, 0.05) is 4.47 Å². The Bertz CT molecular complexity index is 637. The average molecular weight is 350 g/mol. The number of halogens is 1. The van der Waals surface area contributed by atoms with Crippen molar-refractivity contribution in [2.75, 3.05) is 6.54 Å². The standard InChI is InChI=1S/C16H16BrNO3/c17-13-5-2-1-4-12(13)15(19)18-10-16(20,11-7-8-11)14-6-3-9-21-14/h1-6,9,11,20H,7-8,10H2,(H,18,19)/t16-/m1/s1. The molecule has 1 aliphatic carbocycles. The summed E-state index contributed by atoms with van der Waals surface area (Å²) < 4.78 is 6.08. The predicted molar refractivity (Wildman–Crippen MR) is 81.8 cm³/mol. The van der Waals surface area contributed by atoms with Gasteiger partial charge in [-0.05, 0) is 59.0 Å². The largest absolute Gasteiger partial charge is 0.466 e. The lowest BCUT2D eigenvalue weighted by molar-refractivity contribution is -0.00611. The van der Waals surface area contributed by atoms with Gasteiger partial charge < -0.3 is 14.8 Å². The van der Waals surface area contributed by atoms with Crippen molar-refractivity contribution in [3.8, 4) is 0 Å². The fourth-order valence-electron chi connectivity index (χ4n) is 2.47. The number of aliphatic hydroxyl groups is 1. The van der Waals surface area contributed by atoms with E-state index in [0.29, 0.717) is 11.3 Å². The van der Waals surface area contributed by atoms with E-state index in [1.54, 1.807) is 24.3 Å². The Hall–Kier alpha value is -1.59. The minimum Gasteiger partial charge on any atom is -0.466 e. The van der Waals surface area contributed by atoms with Gasteiger partial charge in [-0.1, -0.05) is 12.1 Å². The summed E-state index contributed by atoms with van der Waals surface area (Å²) in [6.07, 6.45) is 3.43. The van der Waals surface area contributed by atoms with Gasteiger partial charge in [-0.15, -0.1) is 0 Å². The molecule has 1 atom stereocenters. The van der Waals surface area contributed by atoms with E-state index in [-0.39, 0.29) is 18.4 Å². The molecule has 1 aromatic carbocycles. The minimum atomic E-state index is -1.12. The maximum atomic E-state index is 12.2. The number of hydrogen-bond acceptors (Lipinski definition) is 3. The number of nitrogens with one attached hydrogen (secondary N) is 1. The molecule has 0 spiro atoms. The van der Waals surface area contributed by atoms with Crippen LogP contribution in [-0.2, 0) is 5.60 Å². The quantitative estimate of drug-likeness (QED) is 0.871. The summed E-state index contributed by atoms with van der Waals surface area (Å²) in [7, 11) is 0. The molecule has 3 rings (SSSR count). The predicted octanol–water partition coefficient (Wildman–Crippen LogP) is 3.07. The third-order valence-electron chi connectivity index (χ3n) is 3.84. The van der Waals surface area contributed by atoms with E-state index in [9.17, 15) is 9.90 Å². The first-order valence-corrected chi connectivity index (χ1v) is 7.69. The van der Waals surface area contributed by atoms with Crippen LogP contribution in [0.2, 0.25) is 0 Å². The number of carbonyl (C=O) groups is 1. The normalized spacial score (nSPS) is 17.2. The van der Waals surface area contributed by atoms with E-state index in [1.807, 2.05) is 12.1 Å². The van der Waals surface area contributed by atoms with Crippen molar-refractivity contribution in [1.29, 1.82) is 0 Å². The first kappa shape index (κ1) is 14.4. The van der Waals surface area contributed by atoms with Crippen molar-refractivity contribution < 1.29 is 14.3 Å². The molecule has 4 nitrogen and oxygen atoms in total. The number of carbonyl (C=O) groups excluding carboxylic acids is 1. The molecule has 0 aliphatic heterocycles. The molecule has 1 amide bonds. The van der Waals surface area contributed by atoms with Crippen LogP contribution in [0.15, 0.2) is 51.6 Å². The monoisotopic (exact) mass is 349 g/mol. The van der Waals surface area contributed by atoms with Gasteiger partial charge in [-0.25, -0.2) is 0 Å². The molecule has 1 heterocycles. The highest BCUT2D eigenvalue weighted by Crippen LogP contribution is 2.45. The van der Waals surface area contributed by atoms with Gasteiger partial charge in [-0.2, -0.15) is 0 Å². The van der Waals surface area contributed by atoms with Crippen molar-refractivity contribution in [2.45, 2.75) is 18.4 Å². The first-order chi connectivity index (χ1) is 10.1. The molecular weight excluding hydrogens is 334 g/mol. The lowest BCUT2D eigenvalue weighted by Crippen LogP contribution is -2.42. The van der Waals surface area contributed by atoms with Crippen LogP contribution >= 0.6 is 15.9 Å². The van der Waals surface area contributed by atoms with Gasteiger partial charge >= 0.3 is 0 Å². The summed E-state index contributed by atoms with van der Waals surface area (Å²) in [6, 6.07) is 10.7. The number of hydrogen-bond donors (Lipinski definition) is 2. The van der Waals surface area contributed by atoms with Gasteiger partial charge in [0.25, 0.3) is 5.91 Å². The molecule has 21 heavy (non-hydrogen) atoms. The molecule has 1 saturated carbocycles. The van der Waals surface area contributed by atoms with E-state index in [2.05, 4.69) is 21.2 Å². The number of amides is 1. The molecule has 2 N–H and O–H groups in total. The molecule has 0 bridgehead atoms. The Morgan fingerprint density at radius 3 is 2.71 bits per heavy atom. The summed E-state index contributed by atoms with van der Waals surface area (Å²) in [5, 5.41) is 13.7. The summed E-state index contributed by atoms with van der Waals surface area (Å²) in [5.41, 5.74) is -0.574. The van der Waals surface area contributed by atoms with Gasteiger partial charge in [0.1, 0.15) is 11.4 Å². The number of benzene rings is 1. The zero-order chi connectivity index (χ0) is 14.9. The minimum absolute atomic E-state index is 0.142. The van der Waals surface area contributed by atoms with Gasteiger partial charge in [-0.3, -0.25) is 4.79 Å². The molecule has 5 heteroatoms. The highest BCUT2D eigenvalue weighted by atomic mass is 79.9. The van der Waals surface area contributed by atoms with Crippen LogP contribution in [0.3, 0.4) is 0 Å². The SMILES string of the molecule is O=C(NC[C@](O)(c1ccco1)C1CC1)c1ccccc1Br. The van der Waals surface area contributed by atoms with E-state index in [1.165, 1.54) is 6.26 Å². The fraction of sp³-hybridized carbons (Fsp3) is 0.312. The summed E-state index contributed by atoms with van der Waals surface area (Å²) in [4.78, 5) is 12.2. The average Bonchev–Trinajstić information content (AvgIpc) is 3.20. The molecular formula is C16H16BrNO3. The summed E-state index contributed by atoms with van der Waals surface area (Å²) in [5.74, 6) is 0.439. The maximum Gasteiger partial charge on any atom is 0.252 e. The molecule has 0 unspecified atom stereocenters. The van der Waals surface area contributed by atoms with Crippen molar-refractivity contribution >= 4 is 21.8 Å². The second-order valence-electron chi connectivity index (χ2n) is 5.34. The Morgan fingerprint density at radius 1 is 1.33 bits per heavy atom. The van der Waals surface area contributed by atoms with Crippen molar-refractivity contribution in [3.63, 3.8) is 0 Å². The van der Waals surface area contributed by atoms with E-state index < -0.39 is 5.60 Å². The summed E-state index contributed by atoms with van der Waals surface area (Å²) >= 11 is 3.36. The highest BCUT2D eigenvalue weighted by Gasteiger charge is 2.47. The zero-order valence-corrected chi connectivity index (χ0v) is 13.0. The maximum absolute atomic E-state index is 12.2. The van der Waals surface area contributed by atoms with E-state index in [4.69, 9.17) is 4.42 Å². The molecule has 1 aromatic heterocycles. The Balaban J connectivity index is 1.74. The zero-order valence-electron chi connectivity index (χ0n) is 11.4. The van der Waals surface area contributed by atoms with Crippen LogP contribution in [-0.4, -0.2) is 17.6 Å². The highest BCUT2D eigenvalue weighted by molar-refractivity contribution is 9.10. The molecule has 110 valence electrons. The second-order valence-corrected chi connectivity index (χ2v) is 6.19. The molecule has 1 aliphatic rings. The van der Waals surface area contributed by atoms with Crippen LogP contribution < -0.4 is 5.32 Å². The molecule has 2 aromatic rings. The van der Waals surface area contributed by atoms with E-state index in [0.717, 1.165) is 17.3 Å². The van der Waals surface area contributed by atoms with Crippen LogP contribution in [0.25, 0.3) is 0 Å². The third kappa shape index (κ3) is 2.89. The third-order valence-corrected chi connectivity index (χ3v) is 4.53. The number of rotatable bonds is 5. The molecule has 0 radical (unpaired) electrons. The topological polar surface area (TPSA) is 62.5 Å². The van der Waals surface area contributed by atoms with Crippen molar-refractivity contribution in [1.82, 2.24) is 5.32 Å².